The van der Waals surface area contributed by atoms with Crippen LogP contribution < -0.4 is 5.32 Å². The van der Waals surface area contributed by atoms with E-state index in [1.807, 2.05) is 20.8 Å². The van der Waals surface area contributed by atoms with Crippen molar-refractivity contribution in [1.29, 1.82) is 0 Å². The van der Waals surface area contributed by atoms with E-state index < -0.39 is 12.0 Å². The first-order valence-electron chi connectivity index (χ1n) is 5.38. The van der Waals surface area contributed by atoms with Crippen LogP contribution in [0.15, 0.2) is 0 Å². The summed E-state index contributed by atoms with van der Waals surface area (Å²) in [5.41, 5.74) is -0.126. The van der Waals surface area contributed by atoms with Gasteiger partial charge in [0.1, 0.15) is 0 Å². The molecule has 0 radical (unpaired) electrons. The molecule has 0 saturated heterocycles. The van der Waals surface area contributed by atoms with E-state index in [1.165, 1.54) is 0 Å². The molecular weight excluding hydrogens is 287 g/mol. The second-order valence-corrected chi connectivity index (χ2v) is 6.09. The van der Waals surface area contributed by atoms with Gasteiger partial charge in [-0.1, -0.05) is 20.8 Å². The summed E-state index contributed by atoms with van der Waals surface area (Å²) >= 11 is 6.41. The molecule has 0 saturated carbocycles. The summed E-state index contributed by atoms with van der Waals surface area (Å²) in [4.78, 5) is 3.45. The van der Waals surface area contributed by atoms with Gasteiger partial charge in [-0.05, 0) is 11.8 Å². The van der Waals surface area contributed by atoms with Gasteiger partial charge in [0.25, 0.3) is 0 Å². The Hall–Kier alpha value is -0.560. The topological polar surface area (TPSA) is 37.8 Å². The molecule has 18 heavy (non-hydrogen) atoms. The van der Waals surface area contributed by atoms with Crippen molar-refractivity contribution < 1.29 is 13.2 Å². The average molecular weight is 302 g/mol. The standard InChI is InChI=1S/C10H15ClF3N3S/c1-9(2,3)6(4-5-11)15-8-16-7(17-18-8)10(12,13)14/h6H,4-5H2,1-3H3,(H,15,16,17). The van der Waals surface area contributed by atoms with Crippen LogP contribution in [-0.2, 0) is 6.18 Å². The quantitative estimate of drug-likeness (QED) is 0.854. The lowest BCUT2D eigenvalue weighted by Gasteiger charge is -2.30. The molecule has 0 fully saturated rings. The van der Waals surface area contributed by atoms with Gasteiger partial charge in [0.15, 0.2) is 0 Å². The highest BCUT2D eigenvalue weighted by Gasteiger charge is 2.36. The summed E-state index contributed by atoms with van der Waals surface area (Å²) in [6.07, 6.45) is -3.86. The zero-order valence-electron chi connectivity index (χ0n) is 10.3. The van der Waals surface area contributed by atoms with Gasteiger partial charge in [0.05, 0.1) is 0 Å². The van der Waals surface area contributed by atoms with Gasteiger partial charge in [0, 0.05) is 23.5 Å². The van der Waals surface area contributed by atoms with Crippen LogP contribution in [0.25, 0.3) is 0 Å². The molecule has 1 atom stereocenters. The minimum atomic E-state index is -4.50. The molecule has 8 heteroatoms. The minimum absolute atomic E-state index is 0.0518. The van der Waals surface area contributed by atoms with Crippen molar-refractivity contribution in [3.05, 3.63) is 5.82 Å². The monoisotopic (exact) mass is 301 g/mol. The van der Waals surface area contributed by atoms with Crippen molar-refractivity contribution >= 4 is 28.3 Å². The molecule has 1 aromatic heterocycles. The predicted octanol–water partition coefficient (Wildman–Crippen LogP) is 4.01. The lowest BCUT2D eigenvalue weighted by Crippen LogP contribution is -2.34. The average Bonchev–Trinajstić information content (AvgIpc) is 2.63. The SMILES string of the molecule is CC(C)(C)C(CCCl)Nc1nc(C(F)(F)F)ns1. The highest BCUT2D eigenvalue weighted by molar-refractivity contribution is 7.09. The summed E-state index contributed by atoms with van der Waals surface area (Å²) in [5.74, 6) is -0.673. The fourth-order valence-corrected chi connectivity index (χ4v) is 2.23. The maximum atomic E-state index is 12.4. The van der Waals surface area contributed by atoms with Gasteiger partial charge in [0.2, 0.25) is 11.0 Å². The fourth-order valence-electron chi connectivity index (χ4n) is 1.38. The smallest absolute Gasteiger partial charge is 0.357 e. The highest BCUT2D eigenvalue weighted by Crippen LogP contribution is 2.31. The molecule has 0 spiro atoms. The van der Waals surface area contributed by atoms with Crippen LogP contribution in [0.5, 0.6) is 0 Å². The molecular formula is C10H15ClF3N3S. The number of hydrogen-bond acceptors (Lipinski definition) is 4. The Labute approximate surface area is 113 Å². The zero-order chi connectivity index (χ0) is 14.0. The second-order valence-electron chi connectivity index (χ2n) is 4.96. The Morgan fingerprint density at radius 3 is 2.33 bits per heavy atom. The Bertz CT molecular complexity index is 386. The van der Waals surface area contributed by atoms with Gasteiger partial charge in [-0.2, -0.15) is 22.5 Å². The third-order valence-electron chi connectivity index (χ3n) is 2.42. The molecule has 0 amide bonds. The molecule has 1 aromatic rings. The maximum absolute atomic E-state index is 12.4. The first-order chi connectivity index (χ1) is 8.14. The number of nitrogens with one attached hydrogen (secondary N) is 1. The minimum Gasteiger partial charge on any atom is -0.357 e. The van der Waals surface area contributed by atoms with Crippen molar-refractivity contribution in [2.45, 2.75) is 39.4 Å². The van der Waals surface area contributed by atoms with Crippen molar-refractivity contribution in [1.82, 2.24) is 9.36 Å². The lowest BCUT2D eigenvalue weighted by molar-refractivity contribution is -0.144. The third-order valence-corrected chi connectivity index (χ3v) is 3.28. The van der Waals surface area contributed by atoms with Gasteiger partial charge in [-0.3, -0.25) is 0 Å². The maximum Gasteiger partial charge on any atom is 0.452 e. The summed E-state index contributed by atoms with van der Waals surface area (Å²) in [5, 5.41) is 3.15. The first kappa shape index (κ1) is 15.5. The van der Waals surface area contributed by atoms with Crippen LogP contribution in [0.2, 0.25) is 0 Å². The van der Waals surface area contributed by atoms with E-state index in [-0.39, 0.29) is 16.6 Å². The Morgan fingerprint density at radius 2 is 1.94 bits per heavy atom. The Balaban J connectivity index is 2.79. The molecule has 104 valence electrons. The largest absolute Gasteiger partial charge is 0.452 e. The van der Waals surface area contributed by atoms with Crippen LogP contribution in [0.4, 0.5) is 18.3 Å². The molecule has 0 aromatic carbocycles. The van der Waals surface area contributed by atoms with Crippen molar-refractivity contribution in [2.75, 3.05) is 11.2 Å². The summed E-state index contributed by atoms with van der Waals surface area (Å²) < 4.78 is 40.4. The second kappa shape index (κ2) is 5.61. The van der Waals surface area contributed by atoms with Gasteiger partial charge < -0.3 is 5.32 Å². The number of rotatable bonds is 4. The number of halogens is 4. The Morgan fingerprint density at radius 1 is 1.33 bits per heavy atom. The normalized spacial score (nSPS) is 14.6. The molecule has 1 N–H and O–H groups in total. The molecule has 0 aliphatic rings. The van der Waals surface area contributed by atoms with E-state index in [1.54, 1.807) is 0 Å². The number of alkyl halides is 4. The van der Waals surface area contributed by atoms with E-state index in [0.29, 0.717) is 23.8 Å². The van der Waals surface area contributed by atoms with Crippen molar-refractivity contribution in [3.63, 3.8) is 0 Å². The van der Waals surface area contributed by atoms with E-state index in [0.717, 1.165) is 0 Å². The van der Waals surface area contributed by atoms with Crippen LogP contribution in [-0.4, -0.2) is 21.3 Å². The Kier molecular flexibility index (Phi) is 4.83. The number of nitrogens with zero attached hydrogens (tertiary/aromatic N) is 2. The third kappa shape index (κ3) is 4.28. The number of aromatic nitrogens is 2. The van der Waals surface area contributed by atoms with Gasteiger partial charge in [-0.25, -0.2) is 0 Å². The number of anilines is 1. The van der Waals surface area contributed by atoms with Gasteiger partial charge in [-0.15, -0.1) is 11.6 Å². The molecule has 0 bridgehead atoms. The van der Waals surface area contributed by atoms with E-state index >= 15 is 0 Å². The van der Waals surface area contributed by atoms with E-state index in [9.17, 15) is 13.2 Å². The molecule has 0 aliphatic heterocycles. The molecule has 1 unspecified atom stereocenters. The van der Waals surface area contributed by atoms with E-state index in [2.05, 4.69) is 14.7 Å². The van der Waals surface area contributed by atoms with E-state index in [4.69, 9.17) is 11.6 Å². The number of hydrogen-bond donors (Lipinski definition) is 1. The van der Waals surface area contributed by atoms with Crippen molar-refractivity contribution in [2.24, 2.45) is 5.41 Å². The highest BCUT2D eigenvalue weighted by atomic mass is 35.5. The first-order valence-corrected chi connectivity index (χ1v) is 6.69. The van der Waals surface area contributed by atoms with Crippen LogP contribution in [0, 0.1) is 5.41 Å². The summed E-state index contributed by atoms with van der Waals surface area (Å²) in [7, 11) is 0. The molecule has 1 rings (SSSR count). The van der Waals surface area contributed by atoms with Crippen LogP contribution in [0.1, 0.15) is 33.0 Å². The molecule has 1 heterocycles. The summed E-state index contributed by atoms with van der Waals surface area (Å²) in [6.45, 7) is 5.97. The predicted molar refractivity (Wildman–Crippen MR) is 67.1 cm³/mol. The lowest BCUT2D eigenvalue weighted by atomic mass is 9.85. The van der Waals surface area contributed by atoms with Crippen LogP contribution in [0.3, 0.4) is 0 Å². The summed E-state index contributed by atoms with van der Waals surface area (Å²) in [6, 6.07) is -0.0518. The van der Waals surface area contributed by atoms with Crippen molar-refractivity contribution in [3.8, 4) is 0 Å². The molecule has 3 nitrogen and oxygen atoms in total. The zero-order valence-corrected chi connectivity index (χ0v) is 11.9. The molecule has 0 aliphatic carbocycles. The van der Waals surface area contributed by atoms with Gasteiger partial charge >= 0.3 is 6.18 Å². The van der Waals surface area contributed by atoms with Crippen LogP contribution >= 0.6 is 23.1 Å². The fraction of sp³-hybridized carbons (Fsp3) is 0.800.